The smallest absolute Gasteiger partial charge is 0.232 e. The summed E-state index contributed by atoms with van der Waals surface area (Å²) >= 11 is 1.35. The van der Waals surface area contributed by atoms with Gasteiger partial charge in [-0.15, -0.1) is 10.2 Å². The maximum absolute atomic E-state index is 12.9. The highest BCUT2D eigenvalue weighted by Gasteiger charge is 2.43. The second-order valence-electron chi connectivity index (χ2n) is 6.96. The van der Waals surface area contributed by atoms with Crippen molar-refractivity contribution >= 4 is 28.3 Å². The molecule has 2 amide bonds. The average Bonchev–Trinajstić information content (AvgIpc) is 3.34. The first kappa shape index (κ1) is 17.7. The van der Waals surface area contributed by atoms with Gasteiger partial charge in [-0.25, -0.2) is 0 Å². The molecule has 1 saturated heterocycles. The molecular weight excluding hydrogens is 368 g/mol. The zero-order chi connectivity index (χ0) is 19.1. The van der Waals surface area contributed by atoms with Gasteiger partial charge in [0, 0.05) is 19.4 Å². The van der Waals surface area contributed by atoms with Crippen molar-refractivity contribution in [1.29, 1.82) is 0 Å². The molecule has 1 aromatic heterocycles. The van der Waals surface area contributed by atoms with Crippen molar-refractivity contribution in [3.63, 3.8) is 0 Å². The number of fused-ring (bicyclic) bond motifs is 1. The molecule has 2 unspecified atom stereocenters. The van der Waals surface area contributed by atoms with E-state index in [0.717, 1.165) is 10.6 Å². The maximum atomic E-state index is 12.9. The molecule has 2 aliphatic heterocycles. The highest BCUT2D eigenvalue weighted by Crippen LogP contribution is 2.42. The van der Waals surface area contributed by atoms with Gasteiger partial charge in [0.05, 0.1) is 12.0 Å². The lowest BCUT2D eigenvalue weighted by atomic mass is 9.92. The molecule has 1 N–H and O–H groups in total. The molecule has 0 aliphatic carbocycles. The quantitative estimate of drug-likeness (QED) is 0.865. The van der Waals surface area contributed by atoms with E-state index in [4.69, 9.17) is 9.47 Å². The number of benzene rings is 1. The van der Waals surface area contributed by atoms with Crippen LogP contribution in [0.25, 0.3) is 0 Å². The molecule has 1 fully saturated rings. The Labute approximate surface area is 160 Å². The van der Waals surface area contributed by atoms with Gasteiger partial charge in [0.15, 0.2) is 11.5 Å². The second kappa shape index (κ2) is 6.80. The number of nitrogens with one attached hydrogen (secondary N) is 1. The average molecular weight is 388 g/mol. The predicted molar refractivity (Wildman–Crippen MR) is 98.8 cm³/mol. The largest absolute Gasteiger partial charge is 0.454 e. The van der Waals surface area contributed by atoms with E-state index in [1.54, 1.807) is 11.9 Å². The van der Waals surface area contributed by atoms with Crippen LogP contribution in [0.3, 0.4) is 0 Å². The fourth-order valence-electron chi connectivity index (χ4n) is 3.37. The van der Waals surface area contributed by atoms with Crippen molar-refractivity contribution in [1.82, 2.24) is 15.1 Å². The van der Waals surface area contributed by atoms with Crippen LogP contribution in [-0.4, -0.2) is 40.8 Å². The third-order valence-electron chi connectivity index (χ3n) is 4.83. The minimum Gasteiger partial charge on any atom is -0.454 e. The van der Waals surface area contributed by atoms with Gasteiger partial charge in [0.25, 0.3) is 0 Å². The van der Waals surface area contributed by atoms with E-state index in [0.29, 0.717) is 16.6 Å². The number of carbonyl (C=O) groups excluding carboxylic acids is 2. The van der Waals surface area contributed by atoms with Crippen LogP contribution in [0.4, 0.5) is 5.13 Å². The minimum atomic E-state index is -0.519. The fraction of sp³-hybridized carbons (Fsp3) is 0.444. The van der Waals surface area contributed by atoms with Gasteiger partial charge in [-0.3, -0.25) is 9.59 Å². The molecule has 0 radical (unpaired) electrons. The number of hydrogen-bond acceptors (Lipinski definition) is 7. The van der Waals surface area contributed by atoms with E-state index < -0.39 is 5.92 Å². The Morgan fingerprint density at radius 1 is 1.30 bits per heavy atom. The number of hydrogen-bond donors (Lipinski definition) is 1. The van der Waals surface area contributed by atoms with Crippen LogP contribution in [0.15, 0.2) is 18.2 Å². The van der Waals surface area contributed by atoms with Crippen molar-refractivity contribution in [2.45, 2.75) is 32.2 Å². The number of anilines is 1. The van der Waals surface area contributed by atoms with Gasteiger partial charge < -0.3 is 19.7 Å². The van der Waals surface area contributed by atoms with E-state index in [2.05, 4.69) is 15.5 Å². The summed E-state index contributed by atoms with van der Waals surface area (Å²) in [4.78, 5) is 26.8. The van der Waals surface area contributed by atoms with Crippen LogP contribution in [0.2, 0.25) is 0 Å². The number of amides is 2. The first-order chi connectivity index (χ1) is 12.9. The third kappa shape index (κ3) is 3.23. The maximum Gasteiger partial charge on any atom is 0.232 e. The summed E-state index contributed by atoms with van der Waals surface area (Å²) in [6, 6.07) is 5.15. The van der Waals surface area contributed by atoms with E-state index in [-0.39, 0.29) is 37.0 Å². The minimum absolute atomic E-state index is 0.0713. The Morgan fingerprint density at radius 3 is 2.81 bits per heavy atom. The Balaban J connectivity index is 1.58. The van der Waals surface area contributed by atoms with Crippen LogP contribution in [0.1, 0.15) is 42.8 Å². The molecule has 0 spiro atoms. The lowest BCUT2D eigenvalue weighted by Gasteiger charge is -2.24. The van der Waals surface area contributed by atoms with Crippen LogP contribution >= 0.6 is 11.3 Å². The number of aromatic nitrogens is 2. The SMILES string of the molecule is CC(C)c1nnc(NC(=O)C2CC(=O)N(C)C2c2ccc3c(c2)OCO3)s1. The van der Waals surface area contributed by atoms with E-state index in [9.17, 15) is 9.59 Å². The molecule has 2 atom stereocenters. The molecule has 27 heavy (non-hydrogen) atoms. The third-order valence-corrected chi connectivity index (χ3v) is 5.97. The molecule has 1 aromatic carbocycles. The number of ether oxygens (including phenoxy) is 2. The summed E-state index contributed by atoms with van der Waals surface area (Å²) in [7, 11) is 1.71. The summed E-state index contributed by atoms with van der Waals surface area (Å²) in [6.07, 6.45) is 0.150. The Bertz CT molecular complexity index is 897. The van der Waals surface area contributed by atoms with Crippen LogP contribution in [-0.2, 0) is 9.59 Å². The summed E-state index contributed by atoms with van der Waals surface area (Å²) in [5, 5.41) is 12.3. The number of rotatable bonds is 4. The molecule has 0 bridgehead atoms. The molecule has 142 valence electrons. The molecule has 8 nitrogen and oxygen atoms in total. The van der Waals surface area contributed by atoms with E-state index in [1.165, 1.54) is 11.3 Å². The lowest BCUT2D eigenvalue weighted by Crippen LogP contribution is -2.30. The molecule has 0 saturated carbocycles. The Hall–Kier alpha value is -2.68. The van der Waals surface area contributed by atoms with Crippen molar-refractivity contribution in [2.75, 3.05) is 19.2 Å². The van der Waals surface area contributed by atoms with Crippen LogP contribution in [0.5, 0.6) is 11.5 Å². The zero-order valence-electron chi connectivity index (χ0n) is 15.3. The standard InChI is InChI=1S/C18H20N4O4S/c1-9(2)17-20-21-18(27-17)19-16(24)11-7-14(23)22(3)15(11)10-4-5-12-13(6-10)26-8-25-12/h4-6,9,11,15H,7-8H2,1-3H3,(H,19,21,24). The molecule has 2 aromatic rings. The van der Waals surface area contributed by atoms with Gasteiger partial charge >= 0.3 is 0 Å². The number of carbonyl (C=O) groups is 2. The molecule has 4 rings (SSSR count). The lowest BCUT2D eigenvalue weighted by molar-refractivity contribution is -0.127. The van der Waals surface area contributed by atoms with Gasteiger partial charge in [-0.2, -0.15) is 0 Å². The summed E-state index contributed by atoms with van der Waals surface area (Å²) < 4.78 is 10.8. The monoisotopic (exact) mass is 388 g/mol. The Kier molecular flexibility index (Phi) is 4.47. The Morgan fingerprint density at radius 2 is 2.07 bits per heavy atom. The zero-order valence-corrected chi connectivity index (χ0v) is 16.1. The first-order valence-electron chi connectivity index (χ1n) is 8.73. The highest BCUT2D eigenvalue weighted by molar-refractivity contribution is 7.15. The van der Waals surface area contributed by atoms with Crippen LogP contribution < -0.4 is 14.8 Å². The highest BCUT2D eigenvalue weighted by atomic mass is 32.1. The summed E-state index contributed by atoms with van der Waals surface area (Å²) in [5.74, 6) is 0.717. The predicted octanol–water partition coefficient (Wildman–Crippen LogP) is 2.55. The molecular formula is C18H20N4O4S. The number of likely N-dealkylation sites (tertiary alicyclic amines) is 1. The van der Waals surface area contributed by atoms with Crippen molar-refractivity contribution in [3.8, 4) is 11.5 Å². The first-order valence-corrected chi connectivity index (χ1v) is 9.55. The van der Waals surface area contributed by atoms with Crippen LogP contribution in [0, 0.1) is 5.92 Å². The second-order valence-corrected chi connectivity index (χ2v) is 7.97. The number of nitrogens with zero attached hydrogens (tertiary/aromatic N) is 3. The van der Waals surface area contributed by atoms with Gasteiger partial charge in [-0.05, 0) is 17.7 Å². The van der Waals surface area contributed by atoms with Gasteiger partial charge in [0.1, 0.15) is 5.01 Å². The topological polar surface area (TPSA) is 93.7 Å². The normalized spacial score (nSPS) is 21.2. The van der Waals surface area contributed by atoms with Crippen molar-refractivity contribution < 1.29 is 19.1 Å². The molecule has 3 heterocycles. The fourth-order valence-corrected chi connectivity index (χ4v) is 4.12. The summed E-state index contributed by atoms with van der Waals surface area (Å²) in [6.45, 7) is 4.22. The van der Waals surface area contributed by atoms with Crippen molar-refractivity contribution in [2.24, 2.45) is 5.92 Å². The van der Waals surface area contributed by atoms with E-state index >= 15 is 0 Å². The van der Waals surface area contributed by atoms with Gasteiger partial charge in [-0.1, -0.05) is 31.3 Å². The van der Waals surface area contributed by atoms with Gasteiger partial charge in [0.2, 0.25) is 23.7 Å². The molecule has 2 aliphatic rings. The van der Waals surface area contributed by atoms with E-state index in [1.807, 2.05) is 32.0 Å². The summed E-state index contributed by atoms with van der Waals surface area (Å²) in [5.41, 5.74) is 0.841. The molecule has 9 heteroatoms. The van der Waals surface area contributed by atoms with Crippen molar-refractivity contribution in [3.05, 3.63) is 28.8 Å².